The van der Waals surface area contributed by atoms with Crippen molar-refractivity contribution in [2.24, 2.45) is 0 Å². The van der Waals surface area contributed by atoms with Gasteiger partial charge in [0.05, 0.1) is 18.8 Å². The summed E-state index contributed by atoms with van der Waals surface area (Å²) in [6.07, 6.45) is 4.90. The highest BCUT2D eigenvalue weighted by Gasteiger charge is 2.18. The average molecular weight is 282 g/mol. The number of rotatable bonds is 2. The van der Waals surface area contributed by atoms with Crippen LogP contribution in [-0.2, 0) is 4.74 Å². The number of fused-ring (bicyclic) bond motifs is 1. The van der Waals surface area contributed by atoms with Gasteiger partial charge < -0.3 is 9.15 Å². The lowest BCUT2D eigenvalue weighted by Crippen LogP contribution is -2.08. The summed E-state index contributed by atoms with van der Waals surface area (Å²) in [4.78, 5) is 11.2. The Morgan fingerprint density at radius 2 is 2.14 bits per heavy atom. The third-order valence-electron chi connectivity index (χ3n) is 3.83. The molecule has 4 rings (SSSR count). The Labute approximate surface area is 120 Å². The molecule has 1 atom stereocenters. The van der Waals surface area contributed by atoms with E-state index in [9.17, 15) is 4.79 Å². The van der Waals surface area contributed by atoms with E-state index < -0.39 is 0 Å². The molecule has 1 aromatic carbocycles. The third-order valence-corrected chi connectivity index (χ3v) is 3.83. The maximum Gasteiger partial charge on any atom is 0.336 e. The number of hydrogen-bond acceptors (Lipinski definition) is 4. The first kappa shape index (κ1) is 12.3. The lowest BCUT2D eigenvalue weighted by atomic mass is 10.1. The molecule has 0 N–H and O–H groups in total. The van der Waals surface area contributed by atoms with E-state index in [0.717, 1.165) is 36.1 Å². The maximum absolute atomic E-state index is 11.2. The number of hydrogen-bond donors (Lipinski definition) is 0. The molecular weight excluding hydrogens is 268 g/mol. The van der Waals surface area contributed by atoms with Gasteiger partial charge in [0.25, 0.3) is 0 Å². The molecule has 1 aliphatic rings. The fraction of sp³-hybridized carbons (Fsp3) is 0.250. The van der Waals surface area contributed by atoms with Crippen LogP contribution in [0.5, 0.6) is 0 Å². The summed E-state index contributed by atoms with van der Waals surface area (Å²) in [7, 11) is 0. The van der Waals surface area contributed by atoms with Crippen molar-refractivity contribution in [3.05, 3.63) is 53.1 Å². The highest BCUT2D eigenvalue weighted by Crippen LogP contribution is 2.26. The van der Waals surface area contributed by atoms with Gasteiger partial charge in [0, 0.05) is 29.8 Å². The monoisotopic (exact) mass is 282 g/mol. The lowest BCUT2D eigenvalue weighted by Gasteiger charge is -2.06. The molecule has 106 valence electrons. The Bertz CT molecular complexity index is 844. The van der Waals surface area contributed by atoms with Gasteiger partial charge in [0.1, 0.15) is 5.58 Å². The minimum atomic E-state index is -0.329. The first-order valence-electron chi connectivity index (χ1n) is 6.96. The molecule has 0 radical (unpaired) electrons. The Balaban J connectivity index is 1.72. The molecular formula is C16H14N2O3. The molecule has 0 bridgehead atoms. The minimum absolute atomic E-state index is 0.329. The van der Waals surface area contributed by atoms with Gasteiger partial charge in [0.2, 0.25) is 0 Å². The predicted molar refractivity (Wildman–Crippen MR) is 78.2 cm³/mol. The Hall–Kier alpha value is -2.40. The summed E-state index contributed by atoms with van der Waals surface area (Å²) in [6.45, 7) is 1.53. The van der Waals surface area contributed by atoms with Crippen molar-refractivity contribution in [3.8, 4) is 11.1 Å². The normalized spacial score (nSPS) is 18.4. The second-order valence-corrected chi connectivity index (χ2v) is 5.23. The fourth-order valence-electron chi connectivity index (χ4n) is 2.67. The summed E-state index contributed by atoms with van der Waals surface area (Å²) in [5, 5.41) is 5.34. The van der Waals surface area contributed by atoms with Crippen LogP contribution in [0.25, 0.3) is 22.1 Å². The standard InChI is InChI=1S/C16H14N2O3/c19-16-4-2-12-7-11(1-3-15(12)21-16)13-8-17-18(9-13)14-5-6-20-10-14/h1-4,7-9,14H,5-6,10H2. The Kier molecular flexibility index (Phi) is 2.86. The summed E-state index contributed by atoms with van der Waals surface area (Å²) >= 11 is 0. The molecule has 0 aliphatic carbocycles. The summed E-state index contributed by atoms with van der Waals surface area (Å²) in [5.74, 6) is 0. The van der Waals surface area contributed by atoms with E-state index in [1.807, 2.05) is 35.3 Å². The van der Waals surface area contributed by atoms with Gasteiger partial charge >= 0.3 is 5.63 Å². The van der Waals surface area contributed by atoms with Crippen LogP contribution in [0.1, 0.15) is 12.5 Å². The van der Waals surface area contributed by atoms with Crippen LogP contribution in [0.3, 0.4) is 0 Å². The van der Waals surface area contributed by atoms with Crippen LogP contribution in [0.15, 0.2) is 51.9 Å². The summed E-state index contributed by atoms with van der Waals surface area (Å²) in [5.41, 5.74) is 2.38. The number of nitrogens with zero attached hydrogens (tertiary/aromatic N) is 2. The molecule has 3 aromatic rings. The quantitative estimate of drug-likeness (QED) is 0.678. The van der Waals surface area contributed by atoms with E-state index in [2.05, 4.69) is 5.10 Å². The highest BCUT2D eigenvalue weighted by molar-refractivity contribution is 5.82. The van der Waals surface area contributed by atoms with Crippen LogP contribution in [-0.4, -0.2) is 23.0 Å². The maximum atomic E-state index is 11.2. The molecule has 0 spiro atoms. The molecule has 0 saturated carbocycles. The molecule has 5 nitrogen and oxygen atoms in total. The van der Waals surface area contributed by atoms with Crippen LogP contribution < -0.4 is 5.63 Å². The SMILES string of the molecule is O=c1ccc2cc(-c3cnn(C4CCOC4)c3)ccc2o1. The average Bonchev–Trinajstić information content (AvgIpc) is 3.17. The highest BCUT2D eigenvalue weighted by atomic mass is 16.5. The number of benzene rings is 1. The smallest absolute Gasteiger partial charge is 0.336 e. The molecule has 0 amide bonds. The van der Waals surface area contributed by atoms with E-state index >= 15 is 0 Å². The van der Waals surface area contributed by atoms with E-state index in [4.69, 9.17) is 9.15 Å². The molecule has 2 aromatic heterocycles. The van der Waals surface area contributed by atoms with E-state index in [-0.39, 0.29) is 5.63 Å². The van der Waals surface area contributed by atoms with Crippen molar-refractivity contribution in [1.29, 1.82) is 0 Å². The van der Waals surface area contributed by atoms with Crippen molar-refractivity contribution < 1.29 is 9.15 Å². The van der Waals surface area contributed by atoms with Crippen LogP contribution in [0.4, 0.5) is 0 Å². The summed E-state index contributed by atoms with van der Waals surface area (Å²) < 4.78 is 12.5. The molecule has 1 saturated heterocycles. The van der Waals surface area contributed by atoms with Crippen molar-refractivity contribution in [1.82, 2.24) is 9.78 Å². The first-order valence-corrected chi connectivity index (χ1v) is 6.96. The largest absolute Gasteiger partial charge is 0.423 e. The minimum Gasteiger partial charge on any atom is -0.423 e. The predicted octanol–water partition coefficient (Wildman–Crippen LogP) is 2.62. The molecule has 1 aliphatic heterocycles. The van der Waals surface area contributed by atoms with Gasteiger partial charge in [0.15, 0.2) is 0 Å². The van der Waals surface area contributed by atoms with Gasteiger partial charge in [-0.1, -0.05) is 6.07 Å². The lowest BCUT2D eigenvalue weighted by molar-refractivity contribution is 0.184. The van der Waals surface area contributed by atoms with E-state index in [0.29, 0.717) is 11.6 Å². The van der Waals surface area contributed by atoms with E-state index in [1.165, 1.54) is 6.07 Å². The topological polar surface area (TPSA) is 57.3 Å². The number of ether oxygens (including phenoxy) is 1. The second kappa shape index (κ2) is 4.86. The van der Waals surface area contributed by atoms with Gasteiger partial charge in [-0.05, 0) is 30.2 Å². The fourth-order valence-corrected chi connectivity index (χ4v) is 2.67. The summed E-state index contributed by atoms with van der Waals surface area (Å²) in [6, 6.07) is 9.31. The Morgan fingerprint density at radius 3 is 3.00 bits per heavy atom. The van der Waals surface area contributed by atoms with Crippen molar-refractivity contribution in [2.45, 2.75) is 12.5 Å². The third kappa shape index (κ3) is 2.25. The number of aromatic nitrogens is 2. The van der Waals surface area contributed by atoms with Crippen LogP contribution >= 0.6 is 0 Å². The molecule has 1 unspecified atom stereocenters. The Morgan fingerprint density at radius 1 is 1.19 bits per heavy atom. The molecule has 5 heteroatoms. The zero-order valence-corrected chi connectivity index (χ0v) is 11.4. The van der Waals surface area contributed by atoms with Crippen molar-refractivity contribution >= 4 is 11.0 Å². The van der Waals surface area contributed by atoms with Gasteiger partial charge in [-0.15, -0.1) is 0 Å². The van der Waals surface area contributed by atoms with Gasteiger partial charge in [-0.3, -0.25) is 4.68 Å². The molecule has 1 fully saturated rings. The molecule has 21 heavy (non-hydrogen) atoms. The van der Waals surface area contributed by atoms with Gasteiger partial charge in [-0.2, -0.15) is 5.10 Å². The molecule has 3 heterocycles. The zero-order chi connectivity index (χ0) is 14.2. The van der Waals surface area contributed by atoms with Crippen molar-refractivity contribution in [2.75, 3.05) is 13.2 Å². The van der Waals surface area contributed by atoms with Crippen LogP contribution in [0.2, 0.25) is 0 Å². The zero-order valence-electron chi connectivity index (χ0n) is 11.4. The van der Waals surface area contributed by atoms with Crippen molar-refractivity contribution in [3.63, 3.8) is 0 Å². The van der Waals surface area contributed by atoms with Crippen LogP contribution in [0, 0.1) is 0 Å². The van der Waals surface area contributed by atoms with Gasteiger partial charge in [-0.25, -0.2) is 4.79 Å². The second-order valence-electron chi connectivity index (χ2n) is 5.23. The van der Waals surface area contributed by atoms with E-state index in [1.54, 1.807) is 6.07 Å². The first-order chi connectivity index (χ1) is 10.3.